The quantitative estimate of drug-likeness (QED) is 0.566. The first kappa shape index (κ1) is 22.3. The molecule has 1 aromatic heterocycles. The predicted octanol–water partition coefficient (Wildman–Crippen LogP) is 3.31. The first-order valence-corrected chi connectivity index (χ1v) is 11.1. The minimum Gasteiger partial charge on any atom is -0.497 e. The molecule has 0 spiro atoms. The second-order valence-corrected chi connectivity index (χ2v) is 8.66. The van der Waals surface area contributed by atoms with E-state index in [9.17, 15) is 4.79 Å². The Bertz CT molecular complexity index is 1070. The SMILES string of the molecule is COc1ccc2cc(CN(C)C(=O)C(C)N3CCN(Cc4cc(C)on4)CC3)ccc2c1. The molecular formula is C25H32N4O3. The molecule has 0 N–H and O–H groups in total. The summed E-state index contributed by atoms with van der Waals surface area (Å²) in [6, 6.07) is 14.2. The van der Waals surface area contributed by atoms with E-state index in [1.807, 2.05) is 44.0 Å². The molecule has 2 heterocycles. The molecule has 170 valence electrons. The van der Waals surface area contributed by atoms with Crippen molar-refractivity contribution < 1.29 is 14.1 Å². The number of hydrogen-bond acceptors (Lipinski definition) is 6. The van der Waals surface area contributed by atoms with E-state index in [-0.39, 0.29) is 11.9 Å². The summed E-state index contributed by atoms with van der Waals surface area (Å²) < 4.78 is 10.5. The molecule has 1 unspecified atom stereocenters. The molecule has 32 heavy (non-hydrogen) atoms. The van der Waals surface area contributed by atoms with Gasteiger partial charge in [-0.3, -0.25) is 14.6 Å². The smallest absolute Gasteiger partial charge is 0.239 e. The largest absolute Gasteiger partial charge is 0.497 e. The second-order valence-electron chi connectivity index (χ2n) is 8.66. The number of fused-ring (bicyclic) bond motifs is 1. The van der Waals surface area contributed by atoms with Crippen molar-refractivity contribution in [3.63, 3.8) is 0 Å². The van der Waals surface area contributed by atoms with Crippen molar-refractivity contribution in [1.29, 1.82) is 0 Å². The van der Waals surface area contributed by atoms with Crippen LogP contribution in [0.25, 0.3) is 10.8 Å². The van der Waals surface area contributed by atoms with Gasteiger partial charge in [-0.2, -0.15) is 0 Å². The standard InChI is InChI=1S/C25H32N4O3/c1-18-13-23(26-32-18)17-28-9-11-29(12-10-28)19(2)25(30)27(3)16-20-5-6-22-15-24(31-4)8-7-21(22)14-20/h5-8,13-15,19H,9-12,16-17H2,1-4H3. The van der Waals surface area contributed by atoms with Crippen LogP contribution in [0.5, 0.6) is 5.75 Å². The zero-order chi connectivity index (χ0) is 22.7. The van der Waals surface area contributed by atoms with Gasteiger partial charge in [-0.15, -0.1) is 0 Å². The van der Waals surface area contributed by atoms with Gasteiger partial charge in [0.05, 0.1) is 18.8 Å². The molecule has 1 atom stereocenters. The molecule has 0 bridgehead atoms. The van der Waals surface area contributed by atoms with Gasteiger partial charge in [0.2, 0.25) is 5.91 Å². The van der Waals surface area contributed by atoms with Crippen LogP contribution in [-0.4, -0.2) is 72.1 Å². The summed E-state index contributed by atoms with van der Waals surface area (Å²) in [5, 5.41) is 6.37. The van der Waals surface area contributed by atoms with E-state index in [0.29, 0.717) is 6.54 Å². The number of aryl methyl sites for hydroxylation is 1. The molecule has 4 rings (SSSR count). The Kier molecular flexibility index (Phi) is 6.77. The fourth-order valence-corrected chi connectivity index (χ4v) is 4.36. The highest BCUT2D eigenvalue weighted by atomic mass is 16.5. The number of likely N-dealkylation sites (N-methyl/N-ethyl adjacent to an activating group) is 1. The van der Waals surface area contributed by atoms with Gasteiger partial charge in [0, 0.05) is 52.4 Å². The van der Waals surface area contributed by atoms with Crippen LogP contribution in [-0.2, 0) is 17.9 Å². The zero-order valence-corrected chi connectivity index (χ0v) is 19.4. The summed E-state index contributed by atoms with van der Waals surface area (Å²) in [5.74, 6) is 1.84. The van der Waals surface area contributed by atoms with E-state index >= 15 is 0 Å². The lowest BCUT2D eigenvalue weighted by Gasteiger charge is -2.38. The zero-order valence-electron chi connectivity index (χ0n) is 19.4. The molecule has 1 saturated heterocycles. The first-order valence-electron chi connectivity index (χ1n) is 11.1. The minimum atomic E-state index is -0.138. The molecule has 7 nitrogen and oxygen atoms in total. The normalized spacial score (nSPS) is 16.2. The van der Waals surface area contributed by atoms with Crippen LogP contribution in [0.15, 0.2) is 47.0 Å². The summed E-state index contributed by atoms with van der Waals surface area (Å²) in [5.41, 5.74) is 2.09. The van der Waals surface area contributed by atoms with Crippen molar-refractivity contribution in [3.8, 4) is 5.75 Å². The summed E-state index contributed by atoms with van der Waals surface area (Å²) in [7, 11) is 3.56. The van der Waals surface area contributed by atoms with E-state index in [1.165, 1.54) is 0 Å². The van der Waals surface area contributed by atoms with Crippen LogP contribution in [0, 0.1) is 6.92 Å². The van der Waals surface area contributed by atoms with Crippen LogP contribution in [0.4, 0.5) is 0 Å². The van der Waals surface area contributed by atoms with Crippen molar-refractivity contribution >= 4 is 16.7 Å². The average Bonchev–Trinajstić information content (AvgIpc) is 3.22. The van der Waals surface area contributed by atoms with Gasteiger partial charge in [-0.1, -0.05) is 23.4 Å². The third-order valence-corrected chi connectivity index (χ3v) is 6.28. The second kappa shape index (κ2) is 9.71. The summed E-state index contributed by atoms with van der Waals surface area (Å²) in [6.07, 6.45) is 0. The number of carbonyl (C=O) groups excluding carboxylic acids is 1. The Morgan fingerprint density at radius 2 is 1.84 bits per heavy atom. The fraction of sp³-hybridized carbons (Fsp3) is 0.440. The third kappa shape index (κ3) is 5.11. The van der Waals surface area contributed by atoms with Crippen molar-refractivity contribution in [2.24, 2.45) is 0 Å². The molecule has 0 saturated carbocycles. The molecule has 1 aliphatic rings. The Morgan fingerprint density at radius 3 is 2.53 bits per heavy atom. The van der Waals surface area contributed by atoms with Crippen LogP contribution in [0.2, 0.25) is 0 Å². The Morgan fingerprint density at radius 1 is 1.12 bits per heavy atom. The lowest BCUT2D eigenvalue weighted by Crippen LogP contribution is -2.53. The number of benzene rings is 2. The molecule has 0 aliphatic carbocycles. The van der Waals surface area contributed by atoms with Gasteiger partial charge >= 0.3 is 0 Å². The number of ether oxygens (including phenoxy) is 1. The van der Waals surface area contributed by atoms with E-state index in [0.717, 1.165) is 66.3 Å². The molecule has 1 fully saturated rings. The Labute approximate surface area is 189 Å². The van der Waals surface area contributed by atoms with Crippen LogP contribution < -0.4 is 4.74 Å². The lowest BCUT2D eigenvalue weighted by atomic mass is 10.1. The van der Waals surface area contributed by atoms with Crippen LogP contribution >= 0.6 is 0 Å². The van der Waals surface area contributed by atoms with Crippen LogP contribution in [0.1, 0.15) is 23.9 Å². The Hall–Kier alpha value is -2.90. The van der Waals surface area contributed by atoms with E-state index in [4.69, 9.17) is 9.26 Å². The number of hydrogen-bond donors (Lipinski definition) is 0. The minimum absolute atomic E-state index is 0.138. The maximum atomic E-state index is 13.1. The molecule has 7 heteroatoms. The predicted molar refractivity (Wildman–Crippen MR) is 125 cm³/mol. The number of carbonyl (C=O) groups is 1. The number of methoxy groups -OCH3 is 1. The summed E-state index contributed by atoms with van der Waals surface area (Å²) >= 11 is 0. The molecule has 0 radical (unpaired) electrons. The van der Waals surface area contributed by atoms with E-state index in [2.05, 4.69) is 39.2 Å². The van der Waals surface area contributed by atoms with Gasteiger partial charge in [-0.25, -0.2) is 0 Å². The monoisotopic (exact) mass is 436 g/mol. The van der Waals surface area contributed by atoms with Gasteiger partial charge in [0.1, 0.15) is 11.5 Å². The van der Waals surface area contributed by atoms with Crippen molar-refractivity contribution in [1.82, 2.24) is 19.9 Å². The van der Waals surface area contributed by atoms with Crippen molar-refractivity contribution in [2.75, 3.05) is 40.3 Å². The number of piperazine rings is 1. The highest BCUT2D eigenvalue weighted by Gasteiger charge is 2.27. The summed E-state index contributed by atoms with van der Waals surface area (Å²) in [4.78, 5) is 19.6. The van der Waals surface area contributed by atoms with Crippen molar-refractivity contribution in [2.45, 2.75) is 33.0 Å². The number of amides is 1. The number of nitrogens with zero attached hydrogens (tertiary/aromatic N) is 4. The highest BCUT2D eigenvalue weighted by Crippen LogP contribution is 2.22. The maximum absolute atomic E-state index is 13.1. The Balaban J connectivity index is 1.31. The molecular weight excluding hydrogens is 404 g/mol. The highest BCUT2D eigenvalue weighted by molar-refractivity contribution is 5.85. The molecule has 1 aliphatic heterocycles. The lowest BCUT2D eigenvalue weighted by molar-refractivity contribution is -0.136. The molecule has 2 aromatic carbocycles. The molecule has 1 amide bonds. The number of aromatic nitrogens is 1. The fourth-order valence-electron chi connectivity index (χ4n) is 4.36. The maximum Gasteiger partial charge on any atom is 0.239 e. The van der Waals surface area contributed by atoms with Crippen molar-refractivity contribution in [3.05, 3.63) is 59.5 Å². The van der Waals surface area contributed by atoms with Gasteiger partial charge in [-0.05, 0) is 48.4 Å². The van der Waals surface area contributed by atoms with Crippen LogP contribution in [0.3, 0.4) is 0 Å². The molecule has 3 aromatic rings. The first-order chi connectivity index (χ1) is 15.4. The van der Waals surface area contributed by atoms with Gasteiger partial charge < -0.3 is 14.2 Å². The third-order valence-electron chi connectivity index (χ3n) is 6.28. The summed E-state index contributed by atoms with van der Waals surface area (Å²) in [6.45, 7) is 8.89. The van der Waals surface area contributed by atoms with E-state index < -0.39 is 0 Å². The van der Waals surface area contributed by atoms with E-state index in [1.54, 1.807) is 7.11 Å². The van der Waals surface area contributed by atoms with Gasteiger partial charge in [0.25, 0.3) is 0 Å². The average molecular weight is 437 g/mol. The van der Waals surface area contributed by atoms with Gasteiger partial charge in [0.15, 0.2) is 0 Å². The number of rotatable bonds is 7. The topological polar surface area (TPSA) is 62.1 Å².